The minimum absolute atomic E-state index is 0.00604. The van der Waals surface area contributed by atoms with Crippen LogP contribution in [0.2, 0.25) is 0 Å². The molecule has 0 aliphatic carbocycles. The molecule has 0 aromatic heterocycles. The molecule has 0 bridgehead atoms. The minimum Gasteiger partial charge on any atom is -0.356 e. The largest absolute Gasteiger partial charge is 0.356 e. The molecule has 3 unspecified atom stereocenters. The van der Waals surface area contributed by atoms with Gasteiger partial charge in [-0.25, -0.2) is 0 Å². The Bertz CT molecular complexity index is 167. The number of rotatable bonds is 4. The summed E-state index contributed by atoms with van der Waals surface area (Å²) >= 11 is 4.82. The number of ether oxygens (including phenoxy) is 2. The molecule has 1 heterocycles. The van der Waals surface area contributed by atoms with Crippen LogP contribution >= 0.6 is 45.2 Å². The van der Waals surface area contributed by atoms with Gasteiger partial charge in [-0.05, 0) is 19.8 Å². The lowest BCUT2D eigenvalue weighted by molar-refractivity contribution is -0.193. The fourth-order valence-corrected chi connectivity index (χ4v) is 4.22. The highest BCUT2D eigenvalue weighted by Gasteiger charge is 2.31. The van der Waals surface area contributed by atoms with Crippen molar-refractivity contribution in [1.29, 1.82) is 0 Å². The number of hydrogen-bond donors (Lipinski definition) is 0. The van der Waals surface area contributed by atoms with Gasteiger partial charge in [-0.15, -0.1) is 0 Å². The van der Waals surface area contributed by atoms with Crippen molar-refractivity contribution in [1.82, 2.24) is 4.90 Å². The molecule has 1 rings (SSSR count). The molecule has 14 heavy (non-hydrogen) atoms. The van der Waals surface area contributed by atoms with Crippen LogP contribution in [0.15, 0.2) is 0 Å². The summed E-state index contributed by atoms with van der Waals surface area (Å²) in [4.78, 5) is 2.44. The van der Waals surface area contributed by atoms with Crippen LogP contribution in [-0.2, 0) is 9.47 Å². The maximum absolute atomic E-state index is 5.76. The van der Waals surface area contributed by atoms with Gasteiger partial charge in [0.2, 0.25) is 0 Å². The first-order chi connectivity index (χ1) is 6.72. The highest BCUT2D eigenvalue weighted by atomic mass is 127. The van der Waals surface area contributed by atoms with Crippen molar-refractivity contribution in [3.8, 4) is 0 Å². The lowest BCUT2D eigenvalue weighted by Gasteiger charge is -2.39. The maximum atomic E-state index is 5.76. The van der Waals surface area contributed by atoms with E-state index in [1.54, 1.807) is 7.11 Å². The first kappa shape index (κ1) is 13.4. The van der Waals surface area contributed by atoms with E-state index < -0.39 is 0 Å². The van der Waals surface area contributed by atoms with Crippen LogP contribution in [-0.4, -0.2) is 39.5 Å². The molecule has 1 aliphatic rings. The quantitative estimate of drug-likeness (QED) is 0.393. The summed E-state index contributed by atoms with van der Waals surface area (Å²) < 4.78 is 13.1. The number of hydrogen-bond acceptors (Lipinski definition) is 3. The average molecular weight is 425 g/mol. The fourth-order valence-electron chi connectivity index (χ4n) is 1.80. The van der Waals surface area contributed by atoms with Crippen LogP contribution in [0.25, 0.3) is 0 Å². The monoisotopic (exact) mass is 425 g/mol. The number of methoxy groups -OCH3 is 1. The molecular weight excluding hydrogens is 408 g/mol. The molecule has 0 amide bonds. The first-order valence-corrected chi connectivity index (χ1v) is 7.82. The van der Waals surface area contributed by atoms with Gasteiger partial charge in [0, 0.05) is 13.2 Å². The van der Waals surface area contributed by atoms with Crippen LogP contribution < -0.4 is 0 Å². The first-order valence-electron chi connectivity index (χ1n) is 4.77. The van der Waals surface area contributed by atoms with E-state index >= 15 is 0 Å². The highest BCUT2D eigenvalue weighted by molar-refractivity contribution is 14.1. The summed E-state index contributed by atoms with van der Waals surface area (Å²) in [6.45, 7) is 2.14. The van der Waals surface area contributed by atoms with Crippen molar-refractivity contribution in [2.45, 2.75) is 38.2 Å². The summed E-state index contributed by atoms with van der Waals surface area (Å²) in [5.41, 5.74) is 0. The molecule has 0 N–H and O–H groups in total. The van der Waals surface area contributed by atoms with E-state index in [0.29, 0.717) is 6.04 Å². The summed E-state index contributed by atoms with van der Waals surface area (Å²) in [6.07, 6.45) is 2.46. The minimum atomic E-state index is 0.00604. The van der Waals surface area contributed by atoms with Crippen molar-refractivity contribution in [3.63, 3.8) is 0 Å². The summed E-state index contributed by atoms with van der Waals surface area (Å²) in [5.74, 6) is 0. The Labute approximate surface area is 113 Å². The molecule has 1 saturated heterocycles. The van der Waals surface area contributed by atoms with Crippen LogP contribution in [0.1, 0.15) is 19.8 Å². The van der Waals surface area contributed by atoms with Crippen LogP contribution in [0.5, 0.6) is 0 Å². The second-order valence-electron chi connectivity index (χ2n) is 3.48. The topological polar surface area (TPSA) is 21.7 Å². The van der Waals surface area contributed by atoms with Crippen molar-refractivity contribution >= 4 is 45.2 Å². The second-order valence-corrected chi connectivity index (χ2v) is 4.84. The van der Waals surface area contributed by atoms with E-state index in [9.17, 15) is 0 Å². The van der Waals surface area contributed by atoms with Crippen molar-refractivity contribution < 1.29 is 9.47 Å². The van der Waals surface area contributed by atoms with Crippen LogP contribution in [0.4, 0.5) is 0 Å². The molecule has 5 heteroatoms. The van der Waals surface area contributed by atoms with Gasteiger partial charge < -0.3 is 9.47 Å². The summed E-state index contributed by atoms with van der Waals surface area (Å²) in [5, 5.41) is 0. The molecule has 0 aromatic rings. The van der Waals surface area contributed by atoms with Crippen LogP contribution in [0, 0.1) is 0 Å². The molecule has 0 radical (unpaired) electrons. The van der Waals surface area contributed by atoms with Gasteiger partial charge in [-0.1, -0.05) is 45.2 Å². The van der Waals surface area contributed by atoms with Gasteiger partial charge in [0.25, 0.3) is 0 Å². The van der Waals surface area contributed by atoms with Crippen molar-refractivity contribution in [3.05, 3.63) is 0 Å². The van der Waals surface area contributed by atoms with Crippen molar-refractivity contribution in [2.24, 2.45) is 0 Å². The van der Waals surface area contributed by atoms with E-state index in [1.165, 1.54) is 6.42 Å². The van der Waals surface area contributed by atoms with Gasteiger partial charge in [0.05, 0.1) is 15.2 Å². The molecule has 1 fully saturated rings. The SMILES string of the molecule is COC1CCC(N(CI)CI)C(C)O1. The Hall–Kier alpha value is 1.34. The second kappa shape index (κ2) is 6.82. The average Bonchev–Trinajstić information content (AvgIpc) is 2.22. The molecule has 0 saturated carbocycles. The van der Waals surface area contributed by atoms with E-state index in [4.69, 9.17) is 9.47 Å². The normalized spacial score (nSPS) is 33.6. The van der Waals surface area contributed by atoms with Crippen LogP contribution in [0.3, 0.4) is 0 Å². The Morgan fingerprint density at radius 1 is 1.36 bits per heavy atom. The van der Waals surface area contributed by atoms with E-state index in [1.807, 2.05) is 0 Å². The zero-order valence-corrected chi connectivity index (χ0v) is 12.9. The smallest absolute Gasteiger partial charge is 0.157 e. The molecule has 3 atom stereocenters. The van der Waals surface area contributed by atoms with E-state index in [2.05, 4.69) is 57.0 Å². The van der Waals surface area contributed by atoms with E-state index in [-0.39, 0.29) is 12.4 Å². The molecule has 84 valence electrons. The predicted octanol–water partition coefficient (Wildman–Crippen LogP) is 2.61. The lowest BCUT2D eigenvalue weighted by atomic mass is 10.0. The van der Waals surface area contributed by atoms with Gasteiger partial charge in [-0.3, -0.25) is 4.90 Å². The number of halogens is 2. The molecule has 0 spiro atoms. The molecular formula is C9H17I2NO2. The number of nitrogens with zero attached hydrogens (tertiary/aromatic N) is 1. The van der Waals surface area contributed by atoms with Gasteiger partial charge in [0.1, 0.15) is 0 Å². The fraction of sp³-hybridized carbons (Fsp3) is 1.00. The Morgan fingerprint density at radius 3 is 2.43 bits per heavy atom. The molecule has 0 aromatic carbocycles. The lowest BCUT2D eigenvalue weighted by Crippen LogP contribution is -2.47. The Balaban J connectivity index is 2.48. The third-order valence-electron chi connectivity index (χ3n) is 2.65. The van der Waals surface area contributed by atoms with Gasteiger partial charge in [-0.2, -0.15) is 0 Å². The summed E-state index contributed by atoms with van der Waals surface area (Å²) in [6, 6.07) is 0.551. The summed E-state index contributed by atoms with van der Waals surface area (Å²) in [7, 11) is 1.71. The van der Waals surface area contributed by atoms with E-state index in [0.717, 1.165) is 15.5 Å². The highest BCUT2D eigenvalue weighted by Crippen LogP contribution is 2.25. The van der Waals surface area contributed by atoms with Crippen molar-refractivity contribution in [2.75, 3.05) is 16.2 Å². The zero-order chi connectivity index (χ0) is 10.6. The van der Waals surface area contributed by atoms with Gasteiger partial charge in [0.15, 0.2) is 6.29 Å². The Kier molecular flexibility index (Phi) is 6.53. The standard InChI is InChI=1S/C9H17I2NO2/c1-7-8(12(5-10)6-11)3-4-9(13-2)14-7/h7-9H,3-6H2,1-2H3. The Morgan fingerprint density at radius 2 is 2.00 bits per heavy atom. The van der Waals surface area contributed by atoms with Gasteiger partial charge >= 0.3 is 0 Å². The third-order valence-corrected chi connectivity index (χ3v) is 4.40. The predicted molar refractivity (Wildman–Crippen MR) is 74.0 cm³/mol. The third kappa shape index (κ3) is 3.43. The number of alkyl halides is 2. The zero-order valence-electron chi connectivity index (χ0n) is 8.58. The maximum Gasteiger partial charge on any atom is 0.157 e. The molecule has 1 aliphatic heterocycles. The molecule has 3 nitrogen and oxygen atoms in total.